The largest absolute Gasteiger partial charge is 0.481 e. The molecule has 0 bridgehead atoms. The normalized spacial score (nSPS) is 22.1. The molecule has 0 aromatic heterocycles. The Hall–Kier alpha value is -1.32. The number of allylic oxidation sites excluding steroid dienone is 2. The van der Waals surface area contributed by atoms with E-state index in [0.717, 1.165) is 32.1 Å². The molecule has 4 heteroatoms. The molecule has 1 saturated carbocycles. The zero-order valence-electron chi connectivity index (χ0n) is 9.95. The predicted molar refractivity (Wildman–Crippen MR) is 63.4 cm³/mol. The molecule has 2 aliphatic rings. The van der Waals surface area contributed by atoms with Crippen LogP contribution < -0.4 is 5.32 Å². The van der Waals surface area contributed by atoms with E-state index in [2.05, 4.69) is 5.32 Å². The van der Waals surface area contributed by atoms with Crippen LogP contribution in [0.2, 0.25) is 0 Å². The minimum atomic E-state index is -0.763. The second-order valence-corrected chi connectivity index (χ2v) is 5.28. The molecule has 0 aliphatic heterocycles. The highest BCUT2D eigenvalue weighted by molar-refractivity contribution is 5.79. The highest BCUT2D eigenvalue weighted by atomic mass is 16.4. The van der Waals surface area contributed by atoms with Crippen LogP contribution in [-0.2, 0) is 9.59 Å². The Morgan fingerprint density at radius 1 is 1.29 bits per heavy atom. The van der Waals surface area contributed by atoms with E-state index in [1.165, 1.54) is 0 Å². The zero-order chi connectivity index (χ0) is 12.3. The van der Waals surface area contributed by atoms with Crippen molar-refractivity contribution in [3.05, 3.63) is 12.2 Å². The van der Waals surface area contributed by atoms with Crippen molar-refractivity contribution in [1.82, 2.24) is 5.32 Å². The summed E-state index contributed by atoms with van der Waals surface area (Å²) < 4.78 is 0. The van der Waals surface area contributed by atoms with Crippen molar-refractivity contribution in [2.45, 2.75) is 38.5 Å². The van der Waals surface area contributed by atoms with Crippen LogP contribution in [0, 0.1) is 11.3 Å². The van der Waals surface area contributed by atoms with Gasteiger partial charge in [-0.05, 0) is 31.1 Å². The van der Waals surface area contributed by atoms with E-state index in [9.17, 15) is 9.59 Å². The number of amides is 1. The number of carboxylic acid groups (broad SMARTS) is 1. The maximum atomic E-state index is 11.8. The van der Waals surface area contributed by atoms with Crippen LogP contribution in [0.5, 0.6) is 0 Å². The molecule has 2 aliphatic carbocycles. The van der Waals surface area contributed by atoms with Gasteiger partial charge in [0.15, 0.2) is 0 Å². The number of hydrogen-bond acceptors (Lipinski definition) is 2. The molecule has 0 aromatic carbocycles. The van der Waals surface area contributed by atoms with Crippen molar-refractivity contribution in [1.29, 1.82) is 0 Å². The minimum Gasteiger partial charge on any atom is -0.481 e. The summed E-state index contributed by atoms with van der Waals surface area (Å²) in [6, 6.07) is 0. The molecule has 2 rings (SSSR count). The second kappa shape index (κ2) is 4.90. The van der Waals surface area contributed by atoms with Crippen LogP contribution >= 0.6 is 0 Å². The molecule has 0 saturated heterocycles. The number of carbonyl (C=O) groups is 2. The third-order valence-corrected chi connectivity index (χ3v) is 3.96. The molecule has 0 heterocycles. The highest BCUT2D eigenvalue weighted by Gasteiger charge is 2.39. The first-order valence-electron chi connectivity index (χ1n) is 6.26. The molecular weight excluding hydrogens is 218 g/mol. The van der Waals surface area contributed by atoms with Gasteiger partial charge in [0.2, 0.25) is 5.91 Å². The van der Waals surface area contributed by atoms with Gasteiger partial charge >= 0.3 is 5.97 Å². The molecule has 4 nitrogen and oxygen atoms in total. The van der Waals surface area contributed by atoms with Gasteiger partial charge in [-0.3, -0.25) is 9.59 Å². The standard InChI is InChI=1S/C13H19NO3/c15-11(16)8-13(6-3-7-13)9-14-12(17)10-4-1-2-5-10/h1-2,10H,3-9H2,(H,14,17)(H,15,16). The SMILES string of the molecule is O=C(O)CC1(CNC(=O)C2CC=CC2)CCC1. The predicted octanol–water partition coefficient (Wildman–Crippen LogP) is 1.71. The van der Waals surface area contributed by atoms with Gasteiger partial charge < -0.3 is 10.4 Å². The van der Waals surface area contributed by atoms with E-state index in [1.54, 1.807) is 0 Å². The number of rotatable bonds is 5. The summed E-state index contributed by atoms with van der Waals surface area (Å²) in [7, 11) is 0. The van der Waals surface area contributed by atoms with Gasteiger partial charge in [-0.1, -0.05) is 18.6 Å². The molecule has 17 heavy (non-hydrogen) atoms. The lowest BCUT2D eigenvalue weighted by Crippen LogP contribution is -2.44. The van der Waals surface area contributed by atoms with Gasteiger partial charge in [0.25, 0.3) is 0 Å². The summed E-state index contributed by atoms with van der Waals surface area (Å²) in [5.41, 5.74) is -0.173. The van der Waals surface area contributed by atoms with Crippen LogP contribution in [0.4, 0.5) is 0 Å². The summed E-state index contributed by atoms with van der Waals surface area (Å²) in [6.45, 7) is 0.522. The van der Waals surface area contributed by atoms with Gasteiger partial charge in [-0.2, -0.15) is 0 Å². The summed E-state index contributed by atoms with van der Waals surface area (Å²) in [6.07, 6.45) is 8.78. The molecule has 0 unspecified atom stereocenters. The summed E-state index contributed by atoms with van der Waals surface area (Å²) >= 11 is 0. The van der Waals surface area contributed by atoms with Gasteiger partial charge in [0, 0.05) is 12.5 Å². The average molecular weight is 237 g/mol. The maximum Gasteiger partial charge on any atom is 0.303 e. The highest BCUT2D eigenvalue weighted by Crippen LogP contribution is 2.43. The Bertz CT molecular complexity index is 337. The Balaban J connectivity index is 1.79. The lowest BCUT2D eigenvalue weighted by molar-refractivity contribution is -0.142. The number of aliphatic carboxylic acids is 1. The van der Waals surface area contributed by atoms with E-state index >= 15 is 0 Å². The summed E-state index contributed by atoms with van der Waals surface area (Å²) in [4.78, 5) is 22.6. The maximum absolute atomic E-state index is 11.8. The van der Waals surface area contributed by atoms with Crippen LogP contribution in [0.1, 0.15) is 38.5 Å². The fourth-order valence-corrected chi connectivity index (χ4v) is 2.66. The van der Waals surface area contributed by atoms with Crippen LogP contribution in [0.25, 0.3) is 0 Å². The third-order valence-electron chi connectivity index (χ3n) is 3.96. The molecule has 0 aromatic rings. The molecule has 1 fully saturated rings. The molecule has 0 atom stereocenters. The van der Waals surface area contributed by atoms with Gasteiger partial charge in [-0.25, -0.2) is 0 Å². The van der Waals surface area contributed by atoms with Crippen LogP contribution in [0.15, 0.2) is 12.2 Å². The molecule has 94 valence electrons. The van der Waals surface area contributed by atoms with E-state index < -0.39 is 5.97 Å². The van der Waals surface area contributed by atoms with Crippen molar-refractivity contribution in [3.8, 4) is 0 Å². The molecule has 2 N–H and O–H groups in total. The van der Waals surface area contributed by atoms with E-state index in [1.807, 2.05) is 12.2 Å². The Morgan fingerprint density at radius 2 is 1.94 bits per heavy atom. The minimum absolute atomic E-state index is 0.0666. The van der Waals surface area contributed by atoms with Crippen molar-refractivity contribution >= 4 is 11.9 Å². The van der Waals surface area contributed by atoms with Crippen LogP contribution in [0.3, 0.4) is 0 Å². The van der Waals surface area contributed by atoms with Gasteiger partial charge in [0.1, 0.15) is 0 Å². The van der Waals surface area contributed by atoms with E-state index in [-0.39, 0.29) is 23.7 Å². The first-order valence-corrected chi connectivity index (χ1v) is 6.26. The Morgan fingerprint density at radius 3 is 2.41 bits per heavy atom. The number of nitrogens with one attached hydrogen (secondary N) is 1. The molecule has 0 radical (unpaired) electrons. The number of hydrogen-bond donors (Lipinski definition) is 2. The van der Waals surface area contributed by atoms with Crippen LogP contribution in [-0.4, -0.2) is 23.5 Å². The fraction of sp³-hybridized carbons (Fsp3) is 0.692. The van der Waals surface area contributed by atoms with Crippen molar-refractivity contribution in [2.75, 3.05) is 6.54 Å². The monoisotopic (exact) mass is 237 g/mol. The van der Waals surface area contributed by atoms with Gasteiger partial charge in [0.05, 0.1) is 6.42 Å². The fourth-order valence-electron chi connectivity index (χ4n) is 2.66. The molecule has 1 amide bonds. The summed E-state index contributed by atoms with van der Waals surface area (Å²) in [5.74, 6) is -0.620. The van der Waals surface area contributed by atoms with E-state index in [0.29, 0.717) is 6.54 Å². The first-order chi connectivity index (χ1) is 8.11. The van der Waals surface area contributed by atoms with Crippen molar-refractivity contribution in [2.24, 2.45) is 11.3 Å². The molecular formula is C13H19NO3. The van der Waals surface area contributed by atoms with Gasteiger partial charge in [-0.15, -0.1) is 0 Å². The Kier molecular flexibility index (Phi) is 3.50. The second-order valence-electron chi connectivity index (χ2n) is 5.28. The smallest absolute Gasteiger partial charge is 0.303 e. The zero-order valence-corrected chi connectivity index (χ0v) is 9.95. The van der Waals surface area contributed by atoms with Crippen molar-refractivity contribution < 1.29 is 14.7 Å². The quantitative estimate of drug-likeness (QED) is 0.715. The van der Waals surface area contributed by atoms with Crippen molar-refractivity contribution in [3.63, 3.8) is 0 Å². The molecule has 0 spiro atoms. The Labute approximate surface area is 101 Å². The average Bonchev–Trinajstić information content (AvgIpc) is 2.74. The first kappa shape index (κ1) is 12.1. The number of carboxylic acids is 1. The number of carbonyl (C=O) groups excluding carboxylic acids is 1. The van der Waals surface area contributed by atoms with E-state index in [4.69, 9.17) is 5.11 Å². The third kappa shape index (κ3) is 2.87. The lowest BCUT2D eigenvalue weighted by atomic mass is 9.66. The topological polar surface area (TPSA) is 66.4 Å². The lowest BCUT2D eigenvalue weighted by Gasteiger charge is -2.41. The summed E-state index contributed by atoms with van der Waals surface area (Å²) in [5, 5.41) is 11.8.